The quantitative estimate of drug-likeness (QED) is 0.734. The highest BCUT2D eigenvalue weighted by Crippen LogP contribution is 2.22. The molecule has 1 saturated heterocycles. The van der Waals surface area contributed by atoms with Crippen molar-refractivity contribution in [2.45, 2.75) is 13.8 Å². The molecule has 1 amide bonds. The Bertz CT molecular complexity index is 914. The van der Waals surface area contributed by atoms with Gasteiger partial charge in [-0.15, -0.1) is 15.3 Å². The van der Waals surface area contributed by atoms with Gasteiger partial charge >= 0.3 is 0 Å². The van der Waals surface area contributed by atoms with Crippen molar-refractivity contribution in [1.29, 1.82) is 0 Å². The number of nitrogens with zero attached hydrogens (tertiary/aromatic N) is 7. The Kier molecular flexibility index (Phi) is 3.75. The fourth-order valence-electron chi connectivity index (χ4n) is 2.78. The van der Waals surface area contributed by atoms with E-state index in [2.05, 4.69) is 35.5 Å². The molecular formula is C16H18N8O. The van der Waals surface area contributed by atoms with Crippen LogP contribution < -0.4 is 10.2 Å². The molecule has 0 unspecified atom stereocenters. The molecule has 4 heterocycles. The lowest BCUT2D eigenvalue weighted by Gasteiger charge is -2.40. The van der Waals surface area contributed by atoms with E-state index in [9.17, 15) is 4.79 Å². The highest BCUT2D eigenvalue weighted by molar-refractivity contribution is 5.91. The first-order valence-electron chi connectivity index (χ1n) is 8.11. The number of anilines is 1. The van der Waals surface area contributed by atoms with Crippen LogP contribution in [0, 0.1) is 19.8 Å². The third-order valence-electron chi connectivity index (χ3n) is 4.25. The number of fused-ring (bicyclic) bond motifs is 1. The standard InChI is InChI=1S/C16H18N8O/c1-10-5-18-13(7-17-10)16(25)19-6-12-8-23(9-12)15-4-3-14-21-20-11(2)24(14)22-15/h3-5,7,12H,6,8-9H2,1-2H3,(H,19,25). The smallest absolute Gasteiger partial charge is 0.271 e. The lowest BCUT2D eigenvalue weighted by molar-refractivity contribution is 0.0939. The van der Waals surface area contributed by atoms with E-state index in [1.807, 2.05) is 26.0 Å². The second-order valence-electron chi connectivity index (χ2n) is 6.23. The molecule has 25 heavy (non-hydrogen) atoms. The molecule has 3 aromatic heterocycles. The summed E-state index contributed by atoms with van der Waals surface area (Å²) in [6.07, 6.45) is 3.09. The molecule has 1 N–H and O–H groups in total. The zero-order valence-electron chi connectivity index (χ0n) is 14.0. The van der Waals surface area contributed by atoms with Gasteiger partial charge in [0, 0.05) is 31.7 Å². The number of carbonyl (C=O) groups excluding carboxylic acids is 1. The van der Waals surface area contributed by atoms with Gasteiger partial charge in [-0.1, -0.05) is 0 Å². The Hall–Kier alpha value is -3.10. The van der Waals surface area contributed by atoms with Gasteiger partial charge < -0.3 is 10.2 Å². The van der Waals surface area contributed by atoms with E-state index in [1.54, 1.807) is 10.7 Å². The molecule has 1 fully saturated rings. The number of amides is 1. The number of carbonyl (C=O) groups is 1. The van der Waals surface area contributed by atoms with Gasteiger partial charge in [0.2, 0.25) is 0 Å². The van der Waals surface area contributed by atoms with Crippen molar-refractivity contribution in [2.75, 3.05) is 24.5 Å². The minimum absolute atomic E-state index is 0.189. The van der Waals surface area contributed by atoms with Crippen LogP contribution in [0.25, 0.3) is 5.65 Å². The maximum absolute atomic E-state index is 12.0. The van der Waals surface area contributed by atoms with E-state index in [0.717, 1.165) is 36.1 Å². The van der Waals surface area contributed by atoms with Crippen molar-refractivity contribution in [3.05, 3.63) is 41.7 Å². The number of aromatic nitrogens is 6. The molecule has 1 aliphatic rings. The number of hydrogen-bond acceptors (Lipinski definition) is 7. The molecule has 0 radical (unpaired) electrons. The zero-order valence-corrected chi connectivity index (χ0v) is 14.0. The molecule has 0 aliphatic carbocycles. The molecule has 4 rings (SSSR count). The Morgan fingerprint density at radius 1 is 1.20 bits per heavy atom. The molecule has 9 heteroatoms. The van der Waals surface area contributed by atoms with Gasteiger partial charge in [-0.2, -0.15) is 4.52 Å². The van der Waals surface area contributed by atoms with Crippen LogP contribution in [0.5, 0.6) is 0 Å². The average Bonchev–Trinajstić information content (AvgIpc) is 2.95. The Morgan fingerprint density at radius 2 is 2.04 bits per heavy atom. The monoisotopic (exact) mass is 338 g/mol. The Labute approximate surface area is 144 Å². The van der Waals surface area contributed by atoms with Gasteiger partial charge in [0.1, 0.15) is 11.5 Å². The molecule has 0 atom stereocenters. The third-order valence-corrected chi connectivity index (χ3v) is 4.25. The Morgan fingerprint density at radius 3 is 2.80 bits per heavy atom. The number of aryl methyl sites for hydroxylation is 2. The molecule has 0 bridgehead atoms. The third kappa shape index (κ3) is 3.00. The van der Waals surface area contributed by atoms with E-state index in [-0.39, 0.29) is 5.91 Å². The number of rotatable bonds is 4. The van der Waals surface area contributed by atoms with Gasteiger partial charge in [-0.3, -0.25) is 9.78 Å². The first-order chi connectivity index (χ1) is 12.1. The van der Waals surface area contributed by atoms with Crippen LogP contribution in [0.3, 0.4) is 0 Å². The first-order valence-corrected chi connectivity index (χ1v) is 8.11. The lowest BCUT2D eigenvalue weighted by atomic mass is 10.0. The fourth-order valence-corrected chi connectivity index (χ4v) is 2.78. The van der Waals surface area contributed by atoms with E-state index in [4.69, 9.17) is 0 Å². The van der Waals surface area contributed by atoms with E-state index < -0.39 is 0 Å². The van der Waals surface area contributed by atoms with Gasteiger partial charge in [-0.25, -0.2) is 4.98 Å². The minimum Gasteiger partial charge on any atom is -0.354 e. The summed E-state index contributed by atoms with van der Waals surface area (Å²) in [5.74, 6) is 1.86. The zero-order chi connectivity index (χ0) is 17.4. The summed E-state index contributed by atoms with van der Waals surface area (Å²) in [7, 11) is 0. The van der Waals surface area contributed by atoms with Gasteiger partial charge in [-0.05, 0) is 26.0 Å². The van der Waals surface area contributed by atoms with E-state index in [1.165, 1.54) is 6.20 Å². The van der Waals surface area contributed by atoms with Crippen LogP contribution in [0.2, 0.25) is 0 Å². The van der Waals surface area contributed by atoms with Crippen molar-refractivity contribution in [3.63, 3.8) is 0 Å². The molecule has 3 aromatic rings. The summed E-state index contributed by atoms with van der Waals surface area (Å²) in [4.78, 5) is 22.4. The van der Waals surface area contributed by atoms with E-state index >= 15 is 0 Å². The second kappa shape index (κ2) is 6.08. The number of hydrogen-bond donors (Lipinski definition) is 1. The Balaban J connectivity index is 1.31. The van der Waals surface area contributed by atoms with Crippen LogP contribution in [0.4, 0.5) is 5.82 Å². The average molecular weight is 338 g/mol. The molecule has 128 valence electrons. The van der Waals surface area contributed by atoms with Crippen molar-refractivity contribution in [3.8, 4) is 0 Å². The van der Waals surface area contributed by atoms with Gasteiger partial charge in [0.25, 0.3) is 5.91 Å². The predicted molar refractivity (Wildman–Crippen MR) is 90.3 cm³/mol. The lowest BCUT2D eigenvalue weighted by Crippen LogP contribution is -2.52. The van der Waals surface area contributed by atoms with Crippen molar-refractivity contribution >= 4 is 17.4 Å². The number of nitrogens with one attached hydrogen (secondary N) is 1. The van der Waals surface area contributed by atoms with Gasteiger partial charge in [0.15, 0.2) is 11.5 Å². The van der Waals surface area contributed by atoms with Crippen molar-refractivity contribution in [1.82, 2.24) is 35.1 Å². The van der Waals surface area contributed by atoms with Gasteiger partial charge in [0.05, 0.1) is 11.9 Å². The normalized spacial score (nSPS) is 14.6. The molecule has 0 spiro atoms. The summed E-state index contributed by atoms with van der Waals surface area (Å²) in [5, 5.41) is 15.5. The molecule has 0 saturated carbocycles. The first kappa shape index (κ1) is 15.4. The van der Waals surface area contributed by atoms with Crippen molar-refractivity contribution in [2.24, 2.45) is 5.92 Å². The molecule has 9 nitrogen and oxygen atoms in total. The van der Waals surface area contributed by atoms with Crippen LogP contribution in [-0.2, 0) is 0 Å². The summed E-state index contributed by atoms with van der Waals surface area (Å²) in [6.45, 7) is 6.02. The largest absolute Gasteiger partial charge is 0.354 e. The topological polar surface area (TPSA) is 101 Å². The summed E-state index contributed by atoms with van der Waals surface area (Å²) in [6, 6.07) is 3.85. The molecule has 1 aliphatic heterocycles. The van der Waals surface area contributed by atoms with Crippen LogP contribution in [0.1, 0.15) is 22.0 Å². The maximum atomic E-state index is 12.0. The highest BCUT2D eigenvalue weighted by Gasteiger charge is 2.28. The van der Waals surface area contributed by atoms with Crippen LogP contribution in [0.15, 0.2) is 24.5 Å². The fraction of sp³-hybridized carbons (Fsp3) is 0.375. The minimum atomic E-state index is -0.189. The van der Waals surface area contributed by atoms with Crippen LogP contribution in [-0.4, -0.2) is 55.3 Å². The maximum Gasteiger partial charge on any atom is 0.271 e. The highest BCUT2D eigenvalue weighted by atomic mass is 16.1. The summed E-state index contributed by atoms with van der Waals surface area (Å²) in [5.41, 5.74) is 1.88. The van der Waals surface area contributed by atoms with E-state index in [0.29, 0.717) is 18.2 Å². The van der Waals surface area contributed by atoms with Crippen molar-refractivity contribution < 1.29 is 4.79 Å². The second-order valence-corrected chi connectivity index (χ2v) is 6.23. The SMILES string of the molecule is Cc1cnc(C(=O)NCC2CN(c3ccc4nnc(C)n4n3)C2)cn1. The molecule has 0 aromatic carbocycles. The predicted octanol–water partition coefficient (Wildman–Crippen LogP) is 0.397. The summed E-state index contributed by atoms with van der Waals surface area (Å²) >= 11 is 0. The van der Waals surface area contributed by atoms with Crippen LogP contribution >= 0.6 is 0 Å². The summed E-state index contributed by atoms with van der Waals surface area (Å²) < 4.78 is 1.74. The molecular weight excluding hydrogens is 320 g/mol.